The van der Waals surface area contributed by atoms with Gasteiger partial charge in [0.05, 0.1) is 24.1 Å². The zero-order valence-corrected chi connectivity index (χ0v) is 15.7. The molecule has 2 saturated heterocycles. The zero-order chi connectivity index (χ0) is 22.3. The van der Waals surface area contributed by atoms with Crippen molar-refractivity contribution in [3.05, 3.63) is 59.9 Å². The minimum absolute atomic E-state index is 0.123. The Morgan fingerprint density at radius 2 is 1.87 bits per heavy atom. The molecule has 0 radical (unpaired) electrons. The topological polar surface area (TPSA) is 109 Å². The van der Waals surface area contributed by atoms with Gasteiger partial charge in [-0.3, -0.25) is 29.6 Å². The molecule has 3 heterocycles. The van der Waals surface area contributed by atoms with Gasteiger partial charge in [-0.15, -0.1) is 13.2 Å². The highest BCUT2D eigenvalue weighted by Gasteiger charge is 2.61. The lowest BCUT2D eigenvalue weighted by molar-refractivity contribution is -0.274. The summed E-state index contributed by atoms with van der Waals surface area (Å²) in [7, 11) is 0. The van der Waals surface area contributed by atoms with Crippen LogP contribution in [0, 0.1) is 11.8 Å². The molecule has 4 unspecified atom stereocenters. The smallest absolute Gasteiger partial charge is 0.480 e. The summed E-state index contributed by atoms with van der Waals surface area (Å²) in [5.41, 5.74) is 0.655. The number of halogens is 3. The molecule has 2 aliphatic heterocycles. The number of fused-ring (bicyclic) bond motifs is 1. The Hall–Kier alpha value is -3.47. The normalized spacial score (nSPS) is 25.6. The highest BCUT2D eigenvalue weighted by atomic mass is 19.4. The molecule has 1 aromatic carbocycles. The summed E-state index contributed by atoms with van der Waals surface area (Å²) in [5, 5.41) is 12.3. The number of carboxylic acids is 1. The maximum Gasteiger partial charge on any atom is 0.573 e. The van der Waals surface area contributed by atoms with E-state index in [2.05, 4.69) is 15.0 Å². The molecule has 2 aromatic rings. The Labute approximate surface area is 173 Å². The lowest BCUT2D eigenvalue weighted by atomic mass is 9.86. The van der Waals surface area contributed by atoms with Crippen LogP contribution in [0.15, 0.2) is 48.7 Å². The fraction of sp³-hybridized carbons (Fsp3) is 0.300. The molecular formula is C20H16F3N3O5. The minimum Gasteiger partial charge on any atom is -0.480 e. The summed E-state index contributed by atoms with van der Waals surface area (Å²) in [6.07, 6.45) is -3.41. The van der Waals surface area contributed by atoms with Crippen molar-refractivity contribution in [1.29, 1.82) is 0 Å². The molecule has 31 heavy (non-hydrogen) atoms. The van der Waals surface area contributed by atoms with Crippen molar-refractivity contribution < 1.29 is 37.4 Å². The van der Waals surface area contributed by atoms with E-state index in [9.17, 15) is 32.7 Å². The van der Waals surface area contributed by atoms with Crippen LogP contribution in [0.4, 0.5) is 13.2 Å². The molecule has 0 aliphatic carbocycles. The number of hydrogen-bond acceptors (Lipinski definition) is 6. The number of imide groups is 1. The van der Waals surface area contributed by atoms with E-state index in [1.54, 1.807) is 18.2 Å². The Morgan fingerprint density at radius 1 is 1.13 bits per heavy atom. The van der Waals surface area contributed by atoms with Crippen LogP contribution in [0.2, 0.25) is 0 Å². The van der Waals surface area contributed by atoms with Crippen LogP contribution in [0.25, 0.3) is 0 Å². The predicted molar refractivity (Wildman–Crippen MR) is 97.2 cm³/mol. The second-order valence-electron chi connectivity index (χ2n) is 7.22. The summed E-state index contributed by atoms with van der Waals surface area (Å²) < 4.78 is 41.7. The number of carboxylic acid groups (broad SMARTS) is 1. The Kier molecular flexibility index (Phi) is 5.13. The number of carbonyl (C=O) groups is 3. The highest BCUT2D eigenvalue weighted by Crippen LogP contribution is 2.45. The number of nitrogens with one attached hydrogen (secondary N) is 1. The number of pyridine rings is 1. The number of alkyl halides is 3. The van der Waals surface area contributed by atoms with Crippen LogP contribution in [0.1, 0.15) is 17.3 Å². The molecule has 162 valence electrons. The summed E-state index contributed by atoms with van der Waals surface area (Å²) in [6, 6.07) is 7.54. The molecule has 0 saturated carbocycles. The fourth-order valence-corrected chi connectivity index (χ4v) is 4.12. The molecular weight excluding hydrogens is 419 g/mol. The van der Waals surface area contributed by atoms with Crippen LogP contribution in [-0.2, 0) is 20.9 Å². The molecule has 11 heteroatoms. The van der Waals surface area contributed by atoms with Crippen molar-refractivity contribution in [2.24, 2.45) is 11.8 Å². The second kappa shape index (κ2) is 7.65. The molecule has 2 amide bonds. The number of carbonyl (C=O) groups excluding carboxylic acids is 2. The van der Waals surface area contributed by atoms with E-state index in [-0.39, 0.29) is 12.1 Å². The number of benzene rings is 1. The first-order valence-corrected chi connectivity index (χ1v) is 9.25. The standard InChI is InChI=1S/C20H16F3N3O5/c21-20(22,23)31-12-6-3-4-10(8-12)15-13-14(16(25-15)19(29)30)18(28)26(17(13)27)9-11-5-1-2-7-24-11/h1-8,13-16,25H,9H2,(H,29,30). The van der Waals surface area contributed by atoms with Crippen LogP contribution < -0.4 is 10.1 Å². The lowest BCUT2D eigenvalue weighted by Crippen LogP contribution is -2.42. The first kappa shape index (κ1) is 20.8. The van der Waals surface area contributed by atoms with Crippen molar-refractivity contribution in [3.63, 3.8) is 0 Å². The van der Waals surface area contributed by atoms with Gasteiger partial charge in [-0.1, -0.05) is 18.2 Å². The van der Waals surface area contributed by atoms with E-state index in [1.165, 1.54) is 18.3 Å². The van der Waals surface area contributed by atoms with Gasteiger partial charge >= 0.3 is 12.3 Å². The average Bonchev–Trinajstić information content (AvgIpc) is 3.21. The number of aliphatic carboxylic acids is 1. The molecule has 2 aliphatic rings. The Morgan fingerprint density at radius 3 is 2.52 bits per heavy atom. The van der Waals surface area contributed by atoms with Crippen molar-refractivity contribution in [2.45, 2.75) is 25.0 Å². The lowest BCUT2D eigenvalue weighted by Gasteiger charge is -2.21. The number of aromatic nitrogens is 1. The molecule has 2 fully saturated rings. The van der Waals surface area contributed by atoms with Gasteiger partial charge in [-0.05, 0) is 29.8 Å². The van der Waals surface area contributed by atoms with E-state index in [1.807, 2.05) is 0 Å². The Balaban J connectivity index is 1.67. The molecule has 0 spiro atoms. The highest BCUT2D eigenvalue weighted by molar-refractivity contribution is 6.08. The third-order valence-corrected chi connectivity index (χ3v) is 5.33. The maximum absolute atomic E-state index is 13.1. The van der Waals surface area contributed by atoms with E-state index in [4.69, 9.17) is 0 Å². The predicted octanol–water partition coefficient (Wildman–Crippen LogP) is 1.88. The number of likely N-dealkylation sites (tertiary alicyclic amines) is 1. The number of rotatable bonds is 5. The quantitative estimate of drug-likeness (QED) is 0.691. The number of hydrogen-bond donors (Lipinski definition) is 2. The monoisotopic (exact) mass is 435 g/mol. The van der Waals surface area contributed by atoms with Gasteiger partial charge in [0.15, 0.2) is 0 Å². The first-order valence-electron chi connectivity index (χ1n) is 9.25. The summed E-state index contributed by atoms with van der Waals surface area (Å²) in [6.45, 7) is -0.123. The first-order chi connectivity index (χ1) is 14.7. The molecule has 1 aromatic heterocycles. The van der Waals surface area contributed by atoms with E-state index in [0.717, 1.165) is 17.0 Å². The van der Waals surface area contributed by atoms with E-state index < -0.39 is 53.8 Å². The summed E-state index contributed by atoms with van der Waals surface area (Å²) in [5.74, 6) is -5.38. The van der Waals surface area contributed by atoms with Crippen LogP contribution in [-0.4, -0.2) is 45.2 Å². The van der Waals surface area contributed by atoms with Crippen molar-refractivity contribution in [1.82, 2.24) is 15.2 Å². The zero-order valence-electron chi connectivity index (χ0n) is 15.7. The molecule has 4 rings (SSSR count). The van der Waals surface area contributed by atoms with Gasteiger partial charge in [0, 0.05) is 12.2 Å². The molecule has 2 N–H and O–H groups in total. The third kappa shape index (κ3) is 3.96. The van der Waals surface area contributed by atoms with Crippen molar-refractivity contribution in [3.8, 4) is 5.75 Å². The number of amides is 2. The van der Waals surface area contributed by atoms with Gasteiger partial charge in [0.25, 0.3) is 0 Å². The van der Waals surface area contributed by atoms with Gasteiger partial charge in [0.1, 0.15) is 11.8 Å². The van der Waals surface area contributed by atoms with Gasteiger partial charge in [-0.25, -0.2) is 0 Å². The summed E-state index contributed by atoms with van der Waals surface area (Å²) >= 11 is 0. The minimum atomic E-state index is -4.91. The average molecular weight is 435 g/mol. The van der Waals surface area contributed by atoms with Crippen molar-refractivity contribution in [2.75, 3.05) is 0 Å². The number of nitrogens with zero attached hydrogens (tertiary/aromatic N) is 2. The fourth-order valence-electron chi connectivity index (χ4n) is 4.12. The molecule has 4 atom stereocenters. The van der Waals surface area contributed by atoms with E-state index >= 15 is 0 Å². The van der Waals surface area contributed by atoms with Crippen LogP contribution in [0.5, 0.6) is 5.75 Å². The van der Waals surface area contributed by atoms with Crippen molar-refractivity contribution >= 4 is 17.8 Å². The van der Waals surface area contributed by atoms with Crippen LogP contribution >= 0.6 is 0 Å². The second-order valence-corrected chi connectivity index (χ2v) is 7.22. The van der Waals surface area contributed by atoms with Crippen LogP contribution in [0.3, 0.4) is 0 Å². The molecule has 8 nitrogen and oxygen atoms in total. The van der Waals surface area contributed by atoms with Gasteiger partial charge in [0.2, 0.25) is 11.8 Å². The SMILES string of the molecule is O=C(O)C1NC(c2cccc(OC(F)(F)F)c2)C2C(=O)N(Cc3ccccn3)C(=O)C12. The maximum atomic E-state index is 13.1. The largest absolute Gasteiger partial charge is 0.573 e. The third-order valence-electron chi connectivity index (χ3n) is 5.33. The Bertz CT molecular complexity index is 1030. The van der Waals surface area contributed by atoms with Gasteiger partial charge < -0.3 is 9.84 Å². The van der Waals surface area contributed by atoms with Gasteiger partial charge in [-0.2, -0.15) is 0 Å². The van der Waals surface area contributed by atoms with E-state index in [0.29, 0.717) is 5.69 Å². The molecule has 0 bridgehead atoms. The number of ether oxygens (including phenoxy) is 1. The summed E-state index contributed by atoms with van der Waals surface area (Å²) in [4.78, 5) is 42.8.